The van der Waals surface area contributed by atoms with E-state index in [1.54, 1.807) is 12.4 Å². The van der Waals surface area contributed by atoms with Gasteiger partial charge in [-0.3, -0.25) is 9.78 Å². The largest absolute Gasteiger partial charge is 0.301 e. The van der Waals surface area contributed by atoms with Gasteiger partial charge in [0.15, 0.2) is 0 Å². The molecule has 0 saturated heterocycles. The Kier molecular flexibility index (Phi) is 6.84. The maximum Gasteiger partial charge on any atom is 0.223 e. The van der Waals surface area contributed by atoms with Crippen molar-refractivity contribution < 1.29 is 4.79 Å². The fraction of sp³-hybridized carbons (Fsp3) is 0.231. The van der Waals surface area contributed by atoms with Crippen LogP contribution in [0.1, 0.15) is 18.4 Å². The molecule has 0 aliphatic rings. The number of anilines is 1. The summed E-state index contributed by atoms with van der Waals surface area (Å²) < 4.78 is 0. The van der Waals surface area contributed by atoms with Crippen LogP contribution in [0, 0.1) is 12.3 Å². The lowest BCUT2D eigenvalue weighted by Gasteiger charge is -1.90. The number of rotatable bonds is 3. The van der Waals surface area contributed by atoms with Crippen LogP contribution in [0.5, 0.6) is 0 Å². The average Bonchev–Trinajstić information content (AvgIpc) is 2.86. The molecule has 0 saturated carbocycles. The van der Waals surface area contributed by atoms with Gasteiger partial charge >= 0.3 is 0 Å². The van der Waals surface area contributed by atoms with Crippen molar-refractivity contribution in [1.82, 2.24) is 15.2 Å². The molecule has 5 nitrogen and oxygen atoms in total. The third-order valence-electron chi connectivity index (χ3n) is 1.80. The molecule has 0 unspecified atom stereocenters. The van der Waals surface area contributed by atoms with E-state index in [1.807, 2.05) is 18.2 Å². The highest BCUT2D eigenvalue weighted by atomic mass is 32.1. The van der Waals surface area contributed by atoms with Gasteiger partial charge in [-0.15, -0.1) is 22.5 Å². The van der Waals surface area contributed by atoms with Crippen LogP contribution in [-0.2, 0) is 11.2 Å². The van der Waals surface area contributed by atoms with Crippen molar-refractivity contribution in [3.8, 4) is 12.3 Å². The first-order valence-electron chi connectivity index (χ1n) is 5.61. The monoisotopic (exact) mass is 274 g/mol. The first kappa shape index (κ1) is 14.8. The smallest absolute Gasteiger partial charge is 0.223 e. The fourth-order valence-corrected chi connectivity index (χ4v) is 1.83. The number of aryl methyl sites for hydroxylation is 1. The fourth-order valence-electron chi connectivity index (χ4n) is 1.05. The van der Waals surface area contributed by atoms with Crippen LogP contribution in [-0.4, -0.2) is 21.1 Å². The van der Waals surface area contributed by atoms with Crippen molar-refractivity contribution in [2.45, 2.75) is 19.8 Å². The molecule has 2 aromatic rings. The lowest BCUT2D eigenvalue weighted by molar-refractivity contribution is -0.114. The molecule has 0 bridgehead atoms. The van der Waals surface area contributed by atoms with Crippen molar-refractivity contribution in [3.05, 3.63) is 35.6 Å². The highest BCUT2D eigenvalue weighted by Gasteiger charge is 2.03. The molecule has 2 heterocycles. The zero-order chi connectivity index (χ0) is 13.9. The Morgan fingerprint density at radius 1 is 1.37 bits per heavy atom. The molecule has 0 radical (unpaired) electrons. The highest BCUT2D eigenvalue weighted by Crippen LogP contribution is 2.15. The third-order valence-corrected chi connectivity index (χ3v) is 2.70. The Bertz CT molecular complexity index is 506. The molecule has 0 aromatic carbocycles. The second-order valence-electron chi connectivity index (χ2n) is 3.41. The maximum absolute atomic E-state index is 10.6. The number of hydrogen-bond acceptors (Lipinski definition) is 5. The third kappa shape index (κ3) is 6.91. The minimum absolute atomic E-state index is 0.139. The first-order chi connectivity index (χ1) is 9.22. The van der Waals surface area contributed by atoms with Crippen LogP contribution in [0.4, 0.5) is 5.13 Å². The van der Waals surface area contributed by atoms with E-state index in [1.165, 1.54) is 18.3 Å². The highest BCUT2D eigenvalue weighted by molar-refractivity contribution is 7.15. The summed E-state index contributed by atoms with van der Waals surface area (Å²) in [6.07, 6.45) is 9.96. The summed E-state index contributed by atoms with van der Waals surface area (Å²) in [5, 5.41) is 11.6. The van der Waals surface area contributed by atoms with Crippen LogP contribution in [0.3, 0.4) is 0 Å². The number of carbonyl (C=O) groups excluding carboxylic acids is 1. The van der Waals surface area contributed by atoms with Crippen LogP contribution in [0.2, 0.25) is 0 Å². The van der Waals surface area contributed by atoms with Gasteiger partial charge in [-0.2, -0.15) is 0 Å². The zero-order valence-electron chi connectivity index (χ0n) is 10.5. The van der Waals surface area contributed by atoms with E-state index in [9.17, 15) is 4.79 Å². The molecule has 6 heteroatoms. The minimum atomic E-state index is -0.139. The summed E-state index contributed by atoms with van der Waals surface area (Å²) in [6.45, 7) is 1.43. The lowest BCUT2D eigenvalue weighted by atomic mass is 10.3. The van der Waals surface area contributed by atoms with E-state index in [2.05, 4.69) is 26.4 Å². The SMILES string of the molecule is C#CCCc1nnc(NC(C)=O)s1.c1ccncc1. The Morgan fingerprint density at radius 3 is 2.58 bits per heavy atom. The van der Waals surface area contributed by atoms with E-state index >= 15 is 0 Å². The Hall–Kier alpha value is -2.26. The normalized spacial score (nSPS) is 8.84. The second-order valence-corrected chi connectivity index (χ2v) is 4.47. The lowest BCUT2D eigenvalue weighted by Crippen LogP contribution is -2.04. The number of nitrogens with one attached hydrogen (secondary N) is 1. The molecular formula is C13H14N4OS. The molecule has 2 aromatic heterocycles. The van der Waals surface area contributed by atoms with Gasteiger partial charge < -0.3 is 5.32 Å². The molecule has 19 heavy (non-hydrogen) atoms. The van der Waals surface area contributed by atoms with E-state index in [4.69, 9.17) is 6.42 Å². The van der Waals surface area contributed by atoms with Gasteiger partial charge in [0.1, 0.15) is 5.01 Å². The van der Waals surface area contributed by atoms with Gasteiger partial charge in [-0.25, -0.2) is 0 Å². The quantitative estimate of drug-likeness (QED) is 0.871. The van der Waals surface area contributed by atoms with Crippen LogP contribution in [0.15, 0.2) is 30.6 Å². The summed E-state index contributed by atoms with van der Waals surface area (Å²) in [5.74, 6) is 2.38. The van der Waals surface area contributed by atoms with Crippen molar-refractivity contribution in [2.24, 2.45) is 0 Å². The predicted octanol–water partition coefficient (Wildman–Crippen LogP) is 2.14. The first-order valence-corrected chi connectivity index (χ1v) is 6.42. The number of pyridine rings is 1. The van der Waals surface area contributed by atoms with Gasteiger partial charge in [-0.05, 0) is 12.1 Å². The number of aromatic nitrogens is 3. The number of terminal acetylenes is 1. The van der Waals surface area contributed by atoms with E-state index in [0.717, 1.165) is 5.01 Å². The topological polar surface area (TPSA) is 67.8 Å². The minimum Gasteiger partial charge on any atom is -0.301 e. The maximum atomic E-state index is 10.6. The van der Waals surface area contributed by atoms with Crippen LogP contribution in [0.25, 0.3) is 0 Å². The zero-order valence-corrected chi connectivity index (χ0v) is 11.4. The van der Waals surface area contributed by atoms with Crippen molar-refractivity contribution >= 4 is 22.4 Å². The number of carbonyl (C=O) groups is 1. The summed E-state index contributed by atoms with van der Waals surface area (Å²) in [4.78, 5) is 14.4. The second kappa shape index (κ2) is 8.78. The van der Waals surface area contributed by atoms with Crippen LogP contribution >= 0.6 is 11.3 Å². The van der Waals surface area contributed by atoms with E-state index in [-0.39, 0.29) is 5.91 Å². The molecule has 1 amide bonds. The molecule has 1 N–H and O–H groups in total. The summed E-state index contributed by atoms with van der Waals surface area (Å²) in [5.41, 5.74) is 0. The van der Waals surface area contributed by atoms with Gasteiger partial charge in [0.2, 0.25) is 11.0 Å². The molecule has 0 aliphatic carbocycles. The predicted molar refractivity (Wildman–Crippen MR) is 75.6 cm³/mol. The van der Waals surface area contributed by atoms with E-state index in [0.29, 0.717) is 18.0 Å². The molecule has 0 spiro atoms. The van der Waals surface area contributed by atoms with Gasteiger partial charge in [0.05, 0.1) is 0 Å². The van der Waals surface area contributed by atoms with Crippen molar-refractivity contribution in [1.29, 1.82) is 0 Å². The van der Waals surface area contributed by atoms with Crippen molar-refractivity contribution in [2.75, 3.05) is 5.32 Å². The molecule has 98 valence electrons. The van der Waals surface area contributed by atoms with Gasteiger partial charge in [0.25, 0.3) is 0 Å². The molecule has 0 atom stereocenters. The number of amides is 1. The number of hydrogen-bond donors (Lipinski definition) is 1. The van der Waals surface area contributed by atoms with Gasteiger partial charge in [0, 0.05) is 32.2 Å². The van der Waals surface area contributed by atoms with E-state index < -0.39 is 0 Å². The standard InChI is InChI=1S/C8H9N3OS.C5H5N/c1-3-4-5-7-10-11-8(13-7)9-6(2)12;1-2-4-6-5-3-1/h1H,4-5H2,2H3,(H,9,11,12);1-5H. The summed E-state index contributed by atoms with van der Waals surface area (Å²) >= 11 is 1.35. The molecule has 0 aliphatic heterocycles. The van der Waals surface area contributed by atoms with Gasteiger partial charge in [-0.1, -0.05) is 17.4 Å². The molecule has 2 rings (SSSR count). The Labute approximate surface area is 116 Å². The van der Waals surface area contributed by atoms with Crippen LogP contribution < -0.4 is 5.32 Å². The summed E-state index contributed by atoms with van der Waals surface area (Å²) in [7, 11) is 0. The molecular weight excluding hydrogens is 260 g/mol. The molecule has 0 fully saturated rings. The van der Waals surface area contributed by atoms with Crippen molar-refractivity contribution in [3.63, 3.8) is 0 Å². The Balaban J connectivity index is 0.000000250. The number of nitrogens with zero attached hydrogens (tertiary/aromatic N) is 3. The summed E-state index contributed by atoms with van der Waals surface area (Å²) in [6, 6.07) is 5.72. The average molecular weight is 274 g/mol. The Morgan fingerprint density at radius 2 is 2.11 bits per heavy atom.